The molecule has 0 N–H and O–H groups in total. The summed E-state index contributed by atoms with van der Waals surface area (Å²) in [6.45, 7) is 6.64. The van der Waals surface area contributed by atoms with Crippen LogP contribution in [0.15, 0.2) is 24.3 Å². The maximum atomic E-state index is 12.9. The van der Waals surface area contributed by atoms with Crippen molar-refractivity contribution in [3.8, 4) is 5.69 Å². The van der Waals surface area contributed by atoms with Crippen LogP contribution in [0, 0.1) is 19.8 Å². The lowest BCUT2D eigenvalue weighted by molar-refractivity contribution is -0.151. The largest absolute Gasteiger partial charge is 0.466 e. The van der Waals surface area contributed by atoms with Crippen LogP contribution < -0.4 is 0 Å². The lowest BCUT2D eigenvalue weighted by atomic mass is 9.98. The maximum Gasteiger partial charge on any atom is 0.310 e. The third-order valence-electron chi connectivity index (χ3n) is 5.46. The van der Waals surface area contributed by atoms with Crippen molar-refractivity contribution in [1.29, 1.82) is 0 Å². The Hall–Kier alpha value is -3.23. The van der Waals surface area contributed by atoms with Crippen LogP contribution in [0.4, 0.5) is 0 Å². The number of aromatic nitrogens is 3. The van der Waals surface area contributed by atoms with Crippen LogP contribution in [0.5, 0.6) is 0 Å². The van der Waals surface area contributed by atoms with Gasteiger partial charge in [-0.15, -0.1) is 5.10 Å². The van der Waals surface area contributed by atoms with Crippen LogP contribution in [0.25, 0.3) is 5.69 Å². The van der Waals surface area contributed by atoms with Crippen molar-refractivity contribution >= 4 is 17.8 Å². The van der Waals surface area contributed by atoms with E-state index in [1.54, 1.807) is 30.5 Å². The molecule has 1 saturated heterocycles. The summed E-state index contributed by atoms with van der Waals surface area (Å²) in [7, 11) is 1.57. The van der Waals surface area contributed by atoms with Crippen molar-refractivity contribution in [3.05, 3.63) is 41.2 Å². The molecule has 1 aromatic heterocycles. The summed E-state index contributed by atoms with van der Waals surface area (Å²) in [5.74, 6) is -1.15. The van der Waals surface area contributed by atoms with E-state index in [4.69, 9.17) is 4.74 Å². The number of benzene rings is 1. The molecule has 2 heterocycles. The van der Waals surface area contributed by atoms with Gasteiger partial charge < -0.3 is 14.5 Å². The number of piperidine rings is 1. The Morgan fingerprint density at radius 2 is 2.03 bits per heavy atom. The van der Waals surface area contributed by atoms with Crippen LogP contribution >= 0.6 is 0 Å². The van der Waals surface area contributed by atoms with E-state index in [0.29, 0.717) is 31.8 Å². The average molecular weight is 428 g/mol. The first-order valence-electron chi connectivity index (χ1n) is 10.5. The number of aryl methyl sites for hydroxylation is 1. The first-order chi connectivity index (χ1) is 14.8. The lowest BCUT2D eigenvalue weighted by Gasteiger charge is -2.32. The number of hydrogen-bond acceptors (Lipinski definition) is 6. The molecule has 31 heavy (non-hydrogen) atoms. The van der Waals surface area contributed by atoms with Gasteiger partial charge in [0.15, 0.2) is 5.69 Å². The van der Waals surface area contributed by atoms with Crippen LogP contribution in [-0.4, -0.2) is 75.9 Å². The first kappa shape index (κ1) is 22.5. The van der Waals surface area contributed by atoms with E-state index in [-0.39, 0.29) is 35.9 Å². The molecule has 9 nitrogen and oxygen atoms in total. The predicted octanol–water partition coefficient (Wildman–Crippen LogP) is 1.76. The molecule has 2 aromatic rings. The van der Waals surface area contributed by atoms with Gasteiger partial charge in [-0.3, -0.25) is 14.4 Å². The van der Waals surface area contributed by atoms with Crippen molar-refractivity contribution in [2.24, 2.45) is 5.92 Å². The van der Waals surface area contributed by atoms with Gasteiger partial charge in [0.2, 0.25) is 5.91 Å². The minimum Gasteiger partial charge on any atom is -0.466 e. The van der Waals surface area contributed by atoms with Gasteiger partial charge in [0.1, 0.15) is 0 Å². The van der Waals surface area contributed by atoms with Gasteiger partial charge >= 0.3 is 5.97 Å². The van der Waals surface area contributed by atoms with Gasteiger partial charge in [-0.25, -0.2) is 4.68 Å². The Morgan fingerprint density at radius 1 is 1.26 bits per heavy atom. The number of ether oxygens (including phenoxy) is 1. The molecule has 0 spiro atoms. The second kappa shape index (κ2) is 9.72. The molecule has 3 rings (SSSR count). The van der Waals surface area contributed by atoms with Gasteiger partial charge in [0, 0.05) is 20.1 Å². The Labute approximate surface area is 182 Å². The van der Waals surface area contributed by atoms with Crippen molar-refractivity contribution in [2.75, 3.05) is 33.3 Å². The van der Waals surface area contributed by atoms with E-state index in [1.165, 1.54) is 4.90 Å². The lowest BCUT2D eigenvalue weighted by Crippen LogP contribution is -2.47. The number of carbonyl (C=O) groups excluding carboxylic acids is 3. The molecule has 1 aliphatic heterocycles. The summed E-state index contributed by atoms with van der Waals surface area (Å²) in [6, 6.07) is 7.75. The van der Waals surface area contributed by atoms with E-state index >= 15 is 0 Å². The summed E-state index contributed by atoms with van der Waals surface area (Å²) in [4.78, 5) is 40.7. The number of likely N-dealkylation sites (tertiary alicyclic amines) is 1. The third-order valence-corrected chi connectivity index (χ3v) is 5.46. The van der Waals surface area contributed by atoms with Crippen molar-refractivity contribution < 1.29 is 19.1 Å². The molecule has 9 heteroatoms. The zero-order valence-electron chi connectivity index (χ0n) is 18.5. The molecule has 1 aromatic carbocycles. The summed E-state index contributed by atoms with van der Waals surface area (Å²) < 4.78 is 6.70. The number of carbonyl (C=O) groups is 3. The van der Waals surface area contributed by atoms with E-state index in [2.05, 4.69) is 10.3 Å². The third kappa shape index (κ3) is 5.10. The molecule has 1 fully saturated rings. The SMILES string of the molecule is CCOC(=O)C1CCCN(C(=O)CN(C)C(=O)c2nnn(-c3cccc(C)c3)c2C)C1. The van der Waals surface area contributed by atoms with E-state index in [1.807, 2.05) is 31.2 Å². The highest BCUT2D eigenvalue weighted by molar-refractivity contribution is 5.95. The molecular weight excluding hydrogens is 398 g/mol. The fraction of sp³-hybridized carbons (Fsp3) is 0.500. The van der Waals surface area contributed by atoms with E-state index in [9.17, 15) is 14.4 Å². The number of rotatable bonds is 6. The average Bonchev–Trinajstić information content (AvgIpc) is 3.14. The van der Waals surface area contributed by atoms with Crippen molar-refractivity contribution in [2.45, 2.75) is 33.6 Å². The number of likely N-dealkylation sites (N-methyl/N-ethyl adjacent to an activating group) is 1. The van der Waals surface area contributed by atoms with Gasteiger partial charge in [0.05, 0.1) is 30.5 Å². The zero-order chi connectivity index (χ0) is 22.5. The topological polar surface area (TPSA) is 97.6 Å². The fourth-order valence-corrected chi connectivity index (χ4v) is 3.74. The highest BCUT2D eigenvalue weighted by atomic mass is 16.5. The standard InChI is InChI=1S/C22H29N5O4/c1-5-31-22(30)17-9-7-11-26(13-17)19(28)14-25(4)21(29)20-16(3)27(24-23-20)18-10-6-8-15(2)12-18/h6,8,10,12,17H,5,7,9,11,13-14H2,1-4H3. The molecule has 0 radical (unpaired) electrons. The molecule has 2 amide bonds. The molecule has 1 atom stereocenters. The van der Waals surface area contributed by atoms with Crippen LogP contribution in [0.1, 0.15) is 41.5 Å². The highest BCUT2D eigenvalue weighted by Gasteiger charge is 2.31. The zero-order valence-corrected chi connectivity index (χ0v) is 18.5. The Kier molecular flexibility index (Phi) is 7.04. The Bertz CT molecular complexity index is 971. The molecule has 0 saturated carbocycles. The first-order valence-corrected chi connectivity index (χ1v) is 10.5. The van der Waals surface area contributed by atoms with Crippen LogP contribution in [0.3, 0.4) is 0 Å². The molecule has 0 aliphatic carbocycles. The van der Waals surface area contributed by atoms with E-state index < -0.39 is 0 Å². The summed E-state index contributed by atoms with van der Waals surface area (Å²) >= 11 is 0. The minimum absolute atomic E-state index is 0.0921. The van der Waals surface area contributed by atoms with Gasteiger partial charge in [0.25, 0.3) is 5.91 Å². The van der Waals surface area contributed by atoms with E-state index in [0.717, 1.165) is 17.7 Å². The predicted molar refractivity (Wildman–Crippen MR) is 114 cm³/mol. The number of nitrogens with zero attached hydrogens (tertiary/aromatic N) is 5. The number of amides is 2. The van der Waals surface area contributed by atoms with Crippen LogP contribution in [-0.2, 0) is 14.3 Å². The van der Waals surface area contributed by atoms with Crippen LogP contribution in [0.2, 0.25) is 0 Å². The second-order valence-corrected chi connectivity index (χ2v) is 7.87. The van der Waals surface area contributed by atoms with Gasteiger partial charge in [-0.1, -0.05) is 17.3 Å². The summed E-state index contributed by atoms with van der Waals surface area (Å²) in [5.41, 5.74) is 2.71. The summed E-state index contributed by atoms with van der Waals surface area (Å²) in [5, 5.41) is 8.17. The molecule has 0 bridgehead atoms. The normalized spacial score (nSPS) is 16.1. The number of hydrogen-bond donors (Lipinski definition) is 0. The fourth-order valence-electron chi connectivity index (χ4n) is 3.74. The van der Waals surface area contributed by atoms with Crippen molar-refractivity contribution in [1.82, 2.24) is 24.8 Å². The molecule has 1 aliphatic rings. The smallest absolute Gasteiger partial charge is 0.310 e. The molecule has 166 valence electrons. The minimum atomic E-state index is -0.372. The molecular formula is C22H29N5O4. The van der Waals surface area contributed by atoms with Gasteiger partial charge in [-0.2, -0.15) is 0 Å². The quantitative estimate of drug-likeness (QED) is 0.652. The van der Waals surface area contributed by atoms with Gasteiger partial charge in [-0.05, 0) is 51.3 Å². The Balaban J connectivity index is 1.65. The maximum absolute atomic E-state index is 12.9. The second-order valence-electron chi connectivity index (χ2n) is 7.87. The number of esters is 1. The summed E-state index contributed by atoms with van der Waals surface area (Å²) in [6.07, 6.45) is 1.44. The molecule has 1 unspecified atom stereocenters. The highest BCUT2D eigenvalue weighted by Crippen LogP contribution is 2.19. The Morgan fingerprint density at radius 3 is 2.74 bits per heavy atom. The van der Waals surface area contributed by atoms with Crippen molar-refractivity contribution in [3.63, 3.8) is 0 Å². The monoisotopic (exact) mass is 427 g/mol.